The molecular formula is C18H30N4O. The number of hydrogen-bond donors (Lipinski definition) is 3. The Morgan fingerprint density at radius 3 is 2.65 bits per heavy atom. The molecule has 0 spiro atoms. The topological polar surface area (TPSA) is 65.5 Å². The molecule has 0 unspecified atom stereocenters. The predicted molar refractivity (Wildman–Crippen MR) is 97.6 cm³/mol. The molecule has 0 atom stereocenters. The Balaban J connectivity index is 2.66. The zero-order valence-electron chi connectivity index (χ0n) is 14.8. The lowest BCUT2D eigenvalue weighted by atomic mass is 10.1. The number of benzene rings is 1. The van der Waals surface area contributed by atoms with Crippen molar-refractivity contribution in [1.82, 2.24) is 10.6 Å². The summed E-state index contributed by atoms with van der Waals surface area (Å²) in [5, 5.41) is 9.45. The minimum Gasteiger partial charge on any atom is -0.357 e. The molecule has 23 heavy (non-hydrogen) atoms. The SMILES string of the molecule is CCCNC(=NCc1cccc(NC(=O)CC(C)C)c1)NCC. The number of nitrogens with zero attached hydrogens (tertiary/aromatic N) is 1. The van der Waals surface area contributed by atoms with Gasteiger partial charge in [-0.3, -0.25) is 4.79 Å². The summed E-state index contributed by atoms with van der Waals surface area (Å²) in [6.07, 6.45) is 1.59. The third-order valence-corrected chi connectivity index (χ3v) is 3.11. The van der Waals surface area contributed by atoms with Crippen molar-refractivity contribution in [3.63, 3.8) is 0 Å². The van der Waals surface area contributed by atoms with Gasteiger partial charge in [0.05, 0.1) is 6.54 Å². The second-order valence-electron chi connectivity index (χ2n) is 5.97. The normalized spacial score (nSPS) is 11.4. The van der Waals surface area contributed by atoms with Gasteiger partial charge in [-0.1, -0.05) is 32.9 Å². The maximum atomic E-state index is 11.8. The molecule has 0 heterocycles. The molecular weight excluding hydrogens is 288 g/mol. The van der Waals surface area contributed by atoms with Crippen LogP contribution in [0, 0.1) is 5.92 Å². The summed E-state index contributed by atoms with van der Waals surface area (Å²) in [4.78, 5) is 16.4. The van der Waals surface area contributed by atoms with Crippen LogP contribution in [0.4, 0.5) is 5.69 Å². The maximum Gasteiger partial charge on any atom is 0.224 e. The van der Waals surface area contributed by atoms with Crippen LogP contribution in [0.3, 0.4) is 0 Å². The lowest BCUT2D eigenvalue weighted by molar-refractivity contribution is -0.116. The predicted octanol–water partition coefficient (Wildman–Crippen LogP) is 3.14. The number of guanidine groups is 1. The van der Waals surface area contributed by atoms with E-state index in [0.29, 0.717) is 18.9 Å². The first-order valence-corrected chi connectivity index (χ1v) is 8.46. The zero-order chi connectivity index (χ0) is 17.1. The van der Waals surface area contributed by atoms with Gasteiger partial charge in [0, 0.05) is 25.2 Å². The van der Waals surface area contributed by atoms with Gasteiger partial charge >= 0.3 is 0 Å². The highest BCUT2D eigenvalue weighted by Crippen LogP contribution is 2.13. The van der Waals surface area contributed by atoms with Crippen LogP contribution in [0.5, 0.6) is 0 Å². The lowest BCUT2D eigenvalue weighted by Gasteiger charge is -2.11. The standard InChI is InChI=1S/C18H30N4O/c1-5-10-20-18(19-6-2)21-13-15-8-7-9-16(12-15)22-17(23)11-14(3)4/h7-9,12,14H,5-6,10-11,13H2,1-4H3,(H,22,23)(H2,19,20,21). The highest BCUT2D eigenvalue weighted by atomic mass is 16.1. The Morgan fingerprint density at radius 2 is 2.00 bits per heavy atom. The Bertz CT molecular complexity index is 511. The van der Waals surface area contributed by atoms with Gasteiger partial charge in [-0.15, -0.1) is 0 Å². The van der Waals surface area contributed by atoms with Crippen molar-refractivity contribution in [3.8, 4) is 0 Å². The van der Waals surface area contributed by atoms with Crippen molar-refractivity contribution >= 4 is 17.6 Å². The number of carbonyl (C=O) groups excluding carboxylic acids is 1. The van der Waals surface area contributed by atoms with Crippen LogP contribution in [-0.2, 0) is 11.3 Å². The van der Waals surface area contributed by atoms with Crippen LogP contribution in [-0.4, -0.2) is 25.0 Å². The molecule has 5 nitrogen and oxygen atoms in total. The van der Waals surface area contributed by atoms with E-state index >= 15 is 0 Å². The molecule has 0 radical (unpaired) electrons. The van der Waals surface area contributed by atoms with Gasteiger partial charge in [-0.25, -0.2) is 4.99 Å². The number of anilines is 1. The number of amides is 1. The van der Waals surface area contributed by atoms with E-state index < -0.39 is 0 Å². The van der Waals surface area contributed by atoms with E-state index in [-0.39, 0.29) is 5.91 Å². The van der Waals surface area contributed by atoms with Crippen LogP contribution < -0.4 is 16.0 Å². The summed E-state index contributed by atoms with van der Waals surface area (Å²) in [6, 6.07) is 7.85. The Hall–Kier alpha value is -2.04. The fourth-order valence-electron chi connectivity index (χ4n) is 2.09. The molecule has 128 valence electrons. The molecule has 5 heteroatoms. The molecule has 0 aliphatic rings. The van der Waals surface area contributed by atoms with Gasteiger partial charge in [0.1, 0.15) is 0 Å². The molecule has 0 saturated heterocycles. The quantitative estimate of drug-likeness (QED) is 0.509. The second kappa shape index (κ2) is 10.6. The Kier molecular flexibility index (Phi) is 8.80. The van der Waals surface area contributed by atoms with Crippen molar-refractivity contribution in [2.75, 3.05) is 18.4 Å². The summed E-state index contributed by atoms with van der Waals surface area (Å²) in [7, 11) is 0. The summed E-state index contributed by atoms with van der Waals surface area (Å²) in [6.45, 7) is 10.6. The van der Waals surface area contributed by atoms with Gasteiger partial charge in [0.2, 0.25) is 5.91 Å². The van der Waals surface area contributed by atoms with Gasteiger partial charge in [0.25, 0.3) is 0 Å². The molecule has 0 aliphatic heterocycles. The van der Waals surface area contributed by atoms with E-state index in [2.05, 4.69) is 27.9 Å². The van der Waals surface area contributed by atoms with Crippen molar-refractivity contribution in [3.05, 3.63) is 29.8 Å². The second-order valence-corrected chi connectivity index (χ2v) is 5.97. The molecule has 0 bridgehead atoms. The first kappa shape index (κ1) is 19.0. The van der Waals surface area contributed by atoms with Gasteiger partial charge in [0.15, 0.2) is 5.96 Å². The van der Waals surface area contributed by atoms with Gasteiger partial charge in [-0.2, -0.15) is 0 Å². The smallest absolute Gasteiger partial charge is 0.224 e. The largest absolute Gasteiger partial charge is 0.357 e. The first-order valence-electron chi connectivity index (χ1n) is 8.46. The van der Waals surface area contributed by atoms with Crippen LogP contribution in [0.25, 0.3) is 0 Å². The maximum absolute atomic E-state index is 11.8. The molecule has 0 aromatic heterocycles. The average Bonchev–Trinajstić information content (AvgIpc) is 2.49. The molecule has 1 rings (SSSR count). The fraction of sp³-hybridized carbons (Fsp3) is 0.556. The van der Waals surface area contributed by atoms with Crippen LogP contribution in [0.1, 0.15) is 46.1 Å². The Labute approximate surface area is 140 Å². The lowest BCUT2D eigenvalue weighted by Crippen LogP contribution is -2.37. The van der Waals surface area contributed by atoms with Crippen molar-refractivity contribution in [2.24, 2.45) is 10.9 Å². The number of carbonyl (C=O) groups is 1. The summed E-state index contributed by atoms with van der Waals surface area (Å²) >= 11 is 0. The number of hydrogen-bond acceptors (Lipinski definition) is 2. The molecule has 3 N–H and O–H groups in total. The van der Waals surface area contributed by atoms with Crippen molar-refractivity contribution < 1.29 is 4.79 Å². The van der Waals surface area contributed by atoms with Gasteiger partial charge < -0.3 is 16.0 Å². The van der Waals surface area contributed by atoms with Crippen LogP contribution in [0.2, 0.25) is 0 Å². The highest BCUT2D eigenvalue weighted by molar-refractivity contribution is 5.90. The molecule has 1 aromatic rings. The number of nitrogens with one attached hydrogen (secondary N) is 3. The summed E-state index contributed by atoms with van der Waals surface area (Å²) in [5.41, 5.74) is 1.90. The molecule has 0 fully saturated rings. The third-order valence-electron chi connectivity index (χ3n) is 3.11. The monoisotopic (exact) mass is 318 g/mol. The van der Waals surface area contributed by atoms with E-state index in [4.69, 9.17) is 0 Å². The number of rotatable bonds is 8. The Morgan fingerprint density at radius 1 is 1.22 bits per heavy atom. The minimum atomic E-state index is 0.0543. The summed E-state index contributed by atoms with van der Waals surface area (Å²) < 4.78 is 0. The van der Waals surface area contributed by atoms with Crippen LogP contribution >= 0.6 is 0 Å². The third kappa shape index (κ3) is 8.24. The van der Waals surface area contributed by atoms with E-state index in [0.717, 1.165) is 36.7 Å². The van der Waals surface area contributed by atoms with Crippen molar-refractivity contribution in [2.45, 2.75) is 47.1 Å². The molecule has 1 amide bonds. The van der Waals surface area contributed by atoms with E-state index in [1.54, 1.807) is 0 Å². The van der Waals surface area contributed by atoms with E-state index in [1.807, 2.05) is 45.0 Å². The molecule has 0 aliphatic carbocycles. The first-order chi connectivity index (χ1) is 11.0. The molecule has 0 saturated carbocycles. The average molecular weight is 318 g/mol. The summed E-state index contributed by atoms with van der Waals surface area (Å²) in [5.74, 6) is 1.23. The fourth-order valence-corrected chi connectivity index (χ4v) is 2.09. The highest BCUT2D eigenvalue weighted by Gasteiger charge is 2.05. The van der Waals surface area contributed by atoms with E-state index in [9.17, 15) is 4.79 Å². The minimum absolute atomic E-state index is 0.0543. The van der Waals surface area contributed by atoms with Crippen molar-refractivity contribution in [1.29, 1.82) is 0 Å². The van der Waals surface area contributed by atoms with E-state index in [1.165, 1.54) is 0 Å². The number of aliphatic imine (C=N–C) groups is 1. The molecule has 1 aromatic carbocycles. The van der Waals surface area contributed by atoms with Gasteiger partial charge in [-0.05, 0) is 37.0 Å². The van der Waals surface area contributed by atoms with Crippen LogP contribution in [0.15, 0.2) is 29.3 Å². The zero-order valence-corrected chi connectivity index (χ0v) is 14.8.